The third kappa shape index (κ3) is 2.91. The van der Waals surface area contributed by atoms with Crippen LogP contribution in [0.1, 0.15) is 45.4 Å². The van der Waals surface area contributed by atoms with E-state index in [4.69, 9.17) is 5.11 Å². The van der Waals surface area contributed by atoms with Crippen molar-refractivity contribution in [1.82, 2.24) is 10.6 Å². The van der Waals surface area contributed by atoms with Crippen molar-refractivity contribution < 1.29 is 14.7 Å². The zero-order valence-corrected chi connectivity index (χ0v) is 11.6. The molecule has 5 nitrogen and oxygen atoms in total. The van der Waals surface area contributed by atoms with Gasteiger partial charge in [-0.05, 0) is 32.2 Å². The Kier molecular flexibility index (Phi) is 4.45. The molecule has 0 aromatic carbocycles. The molecular formula is C14H24N2O3. The molecule has 3 atom stereocenters. The topological polar surface area (TPSA) is 78.4 Å². The molecule has 1 amide bonds. The number of nitrogens with one attached hydrogen (secondary N) is 2. The first-order chi connectivity index (χ1) is 9.09. The van der Waals surface area contributed by atoms with E-state index in [1.54, 1.807) is 0 Å². The minimum Gasteiger partial charge on any atom is -0.481 e. The molecule has 3 N–H and O–H groups in total. The average Bonchev–Trinajstić information content (AvgIpc) is 2.99. The number of aliphatic carboxylic acids is 1. The third-order valence-corrected chi connectivity index (χ3v) is 4.60. The molecule has 2 rings (SSSR count). The van der Waals surface area contributed by atoms with Crippen LogP contribution in [0.2, 0.25) is 0 Å². The van der Waals surface area contributed by atoms with Crippen molar-refractivity contribution >= 4 is 11.9 Å². The van der Waals surface area contributed by atoms with Crippen LogP contribution < -0.4 is 10.6 Å². The van der Waals surface area contributed by atoms with Crippen LogP contribution in [0.25, 0.3) is 0 Å². The van der Waals surface area contributed by atoms with Crippen LogP contribution in [-0.4, -0.2) is 36.1 Å². The lowest BCUT2D eigenvalue weighted by molar-refractivity contribution is -0.142. The Hall–Kier alpha value is -1.10. The van der Waals surface area contributed by atoms with Crippen molar-refractivity contribution in [2.75, 3.05) is 13.1 Å². The van der Waals surface area contributed by atoms with Gasteiger partial charge in [0.2, 0.25) is 5.91 Å². The van der Waals surface area contributed by atoms with Gasteiger partial charge >= 0.3 is 5.97 Å². The molecule has 108 valence electrons. The smallest absolute Gasteiger partial charge is 0.308 e. The number of carboxylic acids is 1. The van der Waals surface area contributed by atoms with Crippen LogP contribution in [0.15, 0.2) is 0 Å². The number of rotatable bonds is 5. The Balaban J connectivity index is 2.01. The molecule has 2 fully saturated rings. The Bertz CT molecular complexity index is 351. The molecule has 0 spiro atoms. The second-order valence-corrected chi connectivity index (χ2v) is 5.91. The SMILES string of the molecule is CCCC1(C(=O)NC2CCCC2C(=O)O)CCNC1. The van der Waals surface area contributed by atoms with Gasteiger partial charge in [0.1, 0.15) is 0 Å². The van der Waals surface area contributed by atoms with Gasteiger partial charge in [0.05, 0.1) is 11.3 Å². The summed E-state index contributed by atoms with van der Waals surface area (Å²) in [5.41, 5.74) is -0.319. The first kappa shape index (κ1) is 14.3. The van der Waals surface area contributed by atoms with E-state index in [1.165, 1.54) is 0 Å². The van der Waals surface area contributed by atoms with Crippen LogP contribution in [-0.2, 0) is 9.59 Å². The Labute approximate surface area is 114 Å². The lowest BCUT2D eigenvalue weighted by atomic mass is 9.81. The van der Waals surface area contributed by atoms with E-state index < -0.39 is 11.9 Å². The quantitative estimate of drug-likeness (QED) is 0.698. The largest absolute Gasteiger partial charge is 0.481 e. The Morgan fingerprint density at radius 3 is 2.79 bits per heavy atom. The molecule has 2 aliphatic rings. The molecule has 1 heterocycles. The van der Waals surface area contributed by atoms with E-state index in [0.717, 1.165) is 45.2 Å². The van der Waals surface area contributed by atoms with Gasteiger partial charge in [-0.3, -0.25) is 9.59 Å². The van der Waals surface area contributed by atoms with Crippen molar-refractivity contribution in [3.63, 3.8) is 0 Å². The zero-order valence-electron chi connectivity index (χ0n) is 11.6. The molecule has 0 aromatic rings. The number of hydrogen-bond donors (Lipinski definition) is 3. The van der Waals surface area contributed by atoms with E-state index in [-0.39, 0.29) is 17.4 Å². The summed E-state index contributed by atoms with van der Waals surface area (Å²) in [4.78, 5) is 23.7. The second-order valence-electron chi connectivity index (χ2n) is 5.91. The van der Waals surface area contributed by atoms with Crippen LogP contribution in [0.5, 0.6) is 0 Å². The number of hydrogen-bond acceptors (Lipinski definition) is 3. The van der Waals surface area contributed by atoms with Crippen molar-refractivity contribution in [2.45, 2.75) is 51.5 Å². The third-order valence-electron chi connectivity index (χ3n) is 4.60. The van der Waals surface area contributed by atoms with Gasteiger partial charge < -0.3 is 15.7 Å². The van der Waals surface area contributed by atoms with Gasteiger partial charge in [-0.2, -0.15) is 0 Å². The summed E-state index contributed by atoms with van der Waals surface area (Å²) in [5, 5.41) is 15.4. The number of carboxylic acid groups (broad SMARTS) is 1. The van der Waals surface area contributed by atoms with Crippen molar-refractivity contribution in [3.05, 3.63) is 0 Å². The Morgan fingerprint density at radius 1 is 1.42 bits per heavy atom. The normalized spacial score (nSPS) is 34.4. The molecule has 3 unspecified atom stereocenters. The number of amides is 1. The van der Waals surface area contributed by atoms with E-state index in [2.05, 4.69) is 17.6 Å². The maximum atomic E-state index is 12.5. The average molecular weight is 268 g/mol. The fraction of sp³-hybridized carbons (Fsp3) is 0.857. The van der Waals surface area contributed by atoms with Crippen LogP contribution in [0.3, 0.4) is 0 Å². The molecule has 1 aliphatic heterocycles. The fourth-order valence-electron chi connectivity index (χ4n) is 3.49. The summed E-state index contributed by atoms with van der Waals surface area (Å²) < 4.78 is 0. The van der Waals surface area contributed by atoms with Crippen LogP contribution >= 0.6 is 0 Å². The van der Waals surface area contributed by atoms with Crippen molar-refractivity contribution in [1.29, 1.82) is 0 Å². The minimum absolute atomic E-state index is 0.0532. The molecule has 1 saturated heterocycles. The van der Waals surface area contributed by atoms with Crippen LogP contribution in [0, 0.1) is 11.3 Å². The molecule has 0 bridgehead atoms. The monoisotopic (exact) mass is 268 g/mol. The lowest BCUT2D eigenvalue weighted by Gasteiger charge is -2.29. The van der Waals surface area contributed by atoms with Crippen molar-refractivity contribution in [2.24, 2.45) is 11.3 Å². The fourth-order valence-corrected chi connectivity index (χ4v) is 3.49. The van der Waals surface area contributed by atoms with E-state index in [9.17, 15) is 9.59 Å². The highest BCUT2D eigenvalue weighted by molar-refractivity contribution is 5.84. The summed E-state index contributed by atoms with van der Waals surface area (Å²) in [6.07, 6.45) is 5.06. The summed E-state index contributed by atoms with van der Waals surface area (Å²) >= 11 is 0. The summed E-state index contributed by atoms with van der Waals surface area (Å²) in [5.74, 6) is -1.13. The summed E-state index contributed by atoms with van der Waals surface area (Å²) in [6.45, 7) is 3.68. The van der Waals surface area contributed by atoms with E-state index >= 15 is 0 Å². The highest BCUT2D eigenvalue weighted by atomic mass is 16.4. The zero-order chi connectivity index (χ0) is 13.9. The van der Waals surface area contributed by atoms with E-state index in [1.807, 2.05) is 0 Å². The molecule has 0 aromatic heterocycles. The number of carbonyl (C=O) groups excluding carboxylic acids is 1. The first-order valence-corrected chi connectivity index (χ1v) is 7.33. The molecule has 5 heteroatoms. The maximum absolute atomic E-state index is 12.5. The summed E-state index contributed by atoms with van der Waals surface area (Å²) in [7, 11) is 0. The number of carbonyl (C=O) groups is 2. The Morgan fingerprint density at radius 2 is 2.21 bits per heavy atom. The first-order valence-electron chi connectivity index (χ1n) is 7.33. The van der Waals surface area contributed by atoms with Crippen molar-refractivity contribution in [3.8, 4) is 0 Å². The van der Waals surface area contributed by atoms with E-state index in [0.29, 0.717) is 6.42 Å². The van der Waals surface area contributed by atoms with Gasteiger partial charge in [0, 0.05) is 12.6 Å². The molecule has 1 saturated carbocycles. The molecular weight excluding hydrogens is 244 g/mol. The molecule has 1 aliphatic carbocycles. The standard InChI is InChI=1S/C14H24N2O3/c1-2-6-14(7-8-15-9-14)13(19)16-11-5-3-4-10(11)12(17)18/h10-11,15H,2-9H2,1H3,(H,16,19)(H,17,18). The predicted molar refractivity (Wildman–Crippen MR) is 71.7 cm³/mol. The maximum Gasteiger partial charge on any atom is 0.308 e. The highest BCUT2D eigenvalue weighted by Gasteiger charge is 2.43. The highest BCUT2D eigenvalue weighted by Crippen LogP contribution is 2.33. The molecule has 19 heavy (non-hydrogen) atoms. The van der Waals surface area contributed by atoms with Gasteiger partial charge in [-0.25, -0.2) is 0 Å². The summed E-state index contributed by atoms with van der Waals surface area (Å²) in [6, 6.07) is -0.181. The van der Waals surface area contributed by atoms with Gasteiger partial charge in [-0.15, -0.1) is 0 Å². The second kappa shape index (κ2) is 5.90. The minimum atomic E-state index is -0.781. The lowest BCUT2D eigenvalue weighted by Crippen LogP contribution is -2.49. The molecule has 0 radical (unpaired) electrons. The van der Waals surface area contributed by atoms with Crippen LogP contribution in [0.4, 0.5) is 0 Å². The van der Waals surface area contributed by atoms with Gasteiger partial charge in [0.25, 0.3) is 0 Å². The van der Waals surface area contributed by atoms with Gasteiger partial charge in [-0.1, -0.05) is 19.8 Å². The predicted octanol–water partition coefficient (Wildman–Crippen LogP) is 1.14. The van der Waals surface area contributed by atoms with Gasteiger partial charge in [0.15, 0.2) is 0 Å².